The number of ether oxygens (including phenoxy) is 1. The number of hydrogen-bond donors (Lipinski definition) is 1. The molecule has 0 amide bonds. The van der Waals surface area contributed by atoms with Gasteiger partial charge in [0.2, 0.25) is 0 Å². The lowest BCUT2D eigenvalue weighted by Gasteiger charge is -2.08. The van der Waals surface area contributed by atoms with Crippen LogP contribution in [-0.2, 0) is 14.3 Å². The van der Waals surface area contributed by atoms with Crippen LogP contribution in [0.15, 0.2) is 53.4 Å². The number of aromatic carboxylic acids is 1. The summed E-state index contributed by atoms with van der Waals surface area (Å²) < 4.78 is 34.1. The Hall–Kier alpha value is -2.38. The summed E-state index contributed by atoms with van der Waals surface area (Å²) in [5.74, 6) is -0.727. The lowest BCUT2D eigenvalue weighted by molar-refractivity contribution is 0.0696. The molecule has 2 aromatic carbocycles. The van der Waals surface area contributed by atoms with E-state index in [1.807, 2.05) is 6.92 Å². The predicted molar refractivity (Wildman–Crippen MR) is 83.2 cm³/mol. The molecule has 1 N–H and O–H groups in total. The van der Waals surface area contributed by atoms with Crippen molar-refractivity contribution in [3.8, 4) is 5.75 Å². The first-order chi connectivity index (χ1) is 10.9. The van der Waals surface area contributed by atoms with Gasteiger partial charge in [0.25, 0.3) is 10.1 Å². The highest BCUT2D eigenvalue weighted by atomic mass is 32.2. The van der Waals surface area contributed by atoms with Crippen molar-refractivity contribution in [3.63, 3.8) is 0 Å². The second-order valence-electron chi connectivity index (χ2n) is 4.77. The molecule has 0 bridgehead atoms. The molecule has 122 valence electrons. The average molecular weight is 336 g/mol. The van der Waals surface area contributed by atoms with Crippen LogP contribution in [0.5, 0.6) is 5.75 Å². The fourth-order valence-corrected chi connectivity index (χ4v) is 2.69. The van der Waals surface area contributed by atoms with Crippen LogP contribution in [-0.4, -0.2) is 32.7 Å². The van der Waals surface area contributed by atoms with Gasteiger partial charge in [0.15, 0.2) is 0 Å². The molecule has 2 aromatic rings. The maximum atomic E-state index is 11.9. The van der Waals surface area contributed by atoms with Crippen LogP contribution in [0.3, 0.4) is 0 Å². The summed E-state index contributed by atoms with van der Waals surface area (Å²) in [5, 5.41) is 8.87. The van der Waals surface area contributed by atoms with Gasteiger partial charge in [-0.15, -0.1) is 0 Å². The van der Waals surface area contributed by atoms with E-state index < -0.39 is 16.1 Å². The summed E-state index contributed by atoms with van der Waals surface area (Å²) in [6.07, 6.45) is 0. The number of carboxylic acids is 1. The van der Waals surface area contributed by atoms with Crippen LogP contribution in [0.4, 0.5) is 0 Å². The molecule has 0 fully saturated rings. The van der Waals surface area contributed by atoms with Gasteiger partial charge in [0, 0.05) is 0 Å². The molecule has 0 aliphatic heterocycles. The van der Waals surface area contributed by atoms with Crippen LogP contribution in [0.1, 0.15) is 15.9 Å². The number of carbonyl (C=O) groups is 1. The second-order valence-corrected chi connectivity index (χ2v) is 6.39. The summed E-state index contributed by atoms with van der Waals surface area (Å²) in [6.45, 7) is 1.66. The van der Waals surface area contributed by atoms with Crippen molar-refractivity contribution in [2.24, 2.45) is 0 Å². The molecule has 0 aliphatic carbocycles. The SMILES string of the molecule is Cc1ccc(S(=O)(=O)OCCOc2cccc(C(=O)O)c2)cc1. The van der Waals surface area contributed by atoms with E-state index in [4.69, 9.17) is 14.0 Å². The third-order valence-electron chi connectivity index (χ3n) is 2.98. The number of aryl methyl sites for hydroxylation is 1. The second kappa shape index (κ2) is 7.26. The van der Waals surface area contributed by atoms with Gasteiger partial charge < -0.3 is 9.84 Å². The first-order valence-corrected chi connectivity index (χ1v) is 8.21. The van der Waals surface area contributed by atoms with Crippen molar-refractivity contribution in [2.75, 3.05) is 13.2 Å². The van der Waals surface area contributed by atoms with Gasteiger partial charge in [0.1, 0.15) is 19.0 Å². The Morgan fingerprint density at radius 3 is 2.43 bits per heavy atom. The fourth-order valence-electron chi connectivity index (χ4n) is 1.80. The van der Waals surface area contributed by atoms with Crippen LogP contribution in [0.2, 0.25) is 0 Å². The minimum atomic E-state index is -3.83. The van der Waals surface area contributed by atoms with Gasteiger partial charge in [-0.3, -0.25) is 4.18 Å². The molecule has 0 saturated carbocycles. The lowest BCUT2D eigenvalue weighted by atomic mass is 10.2. The third-order valence-corrected chi connectivity index (χ3v) is 4.31. The quantitative estimate of drug-likeness (QED) is 0.617. The molecular formula is C16H16O6S. The molecule has 2 rings (SSSR count). The van der Waals surface area contributed by atoms with E-state index in [1.54, 1.807) is 24.3 Å². The first-order valence-electron chi connectivity index (χ1n) is 6.81. The summed E-state index contributed by atoms with van der Waals surface area (Å²) in [5.41, 5.74) is 1.04. The normalized spacial score (nSPS) is 11.2. The van der Waals surface area contributed by atoms with Gasteiger partial charge in [-0.1, -0.05) is 23.8 Å². The zero-order valence-electron chi connectivity index (χ0n) is 12.4. The molecule has 0 atom stereocenters. The topological polar surface area (TPSA) is 89.9 Å². The van der Waals surface area contributed by atoms with E-state index in [2.05, 4.69) is 0 Å². The van der Waals surface area contributed by atoms with Gasteiger partial charge >= 0.3 is 5.97 Å². The summed E-state index contributed by atoms with van der Waals surface area (Å²) in [7, 11) is -3.83. The van der Waals surface area contributed by atoms with E-state index in [-0.39, 0.29) is 23.7 Å². The molecule has 23 heavy (non-hydrogen) atoms. The molecule has 0 aliphatic rings. The highest BCUT2D eigenvalue weighted by molar-refractivity contribution is 7.86. The smallest absolute Gasteiger partial charge is 0.335 e. The highest BCUT2D eigenvalue weighted by Crippen LogP contribution is 2.15. The van der Waals surface area contributed by atoms with Crippen LogP contribution in [0, 0.1) is 6.92 Å². The van der Waals surface area contributed by atoms with Crippen LogP contribution in [0.25, 0.3) is 0 Å². The van der Waals surface area contributed by atoms with E-state index in [9.17, 15) is 13.2 Å². The van der Waals surface area contributed by atoms with Crippen molar-refractivity contribution in [2.45, 2.75) is 11.8 Å². The fraction of sp³-hybridized carbons (Fsp3) is 0.188. The number of rotatable bonds is 7. The van der Waals surface area contributed by atoms with Crippen molar-refractivity contribution < 1.29 is 27.2 Å². The Bertz CT molecular complexity index is 780. The van der Waals surface area contributed by atoms with Crippen molar-refractivity contribution in [1.29, 1.82) is 0 Å². The van der Waals surface area contributed by atoms with Crippen LogP contribution < -0.4 is 4.74 Å². The monoisotopic (exact) mass is 336 g/mol. The lowest BCUT2D eigenvalue weighted by Crippen LogP contribution is -2.13. The highest BCUT2D eigenvalue weighted by Gasteiger charge is 2.14. The number of carboxylic acid groups (broad SMARTS) is 1. The Labute approximate surface area is 134 Å². The molecule has 7 heteroatoms. The molecule has 0 heterocycles. The van der Waals surface area contributed by atoms with Gasteiger partial charge in [-0.2, -0.15) is 8.42 Å². The maximum absolute atomic E-state index is 11.9. The first kappa shape index (κ1) is 17.0. The maximum Gasteiger partial charge on any atom is 0.335 e. The van der Waals surface area contributed by atoms with Crippen LogP contribution >= 0.6 is 0 Å². The number of hydrogen-bond acceptors (Lipinski definition) is 5. The Morgan fingerprint density at radius 1 is 1.09 bits per heavy atom. The zero-order chi connectivity index (χ0) is 16.9. The third kappa shape index (κ3) is 4.80. The van der Waals surface area contributed by atoms with Crippen molar-refractivity contribution in [1.82, 2.24) is 0 Å². The summed E-state index contributed by atoms with van der Waals surface area (Å²) in [6, 6.07) is 12.2. The summed E-state index contributed by atoms with van der Waals surface area (Å²) in [4.78, 5) is 10.9. The molecule has 0 radical (unpaired) electrons. The minimum absolute atomic E-state index is 0.0197. The molecule has 0 saturated heterocycles. The summed E-state index contributed by atoms with van der Waals surface area (Å²) >= 11 is 0. The van der Waals surface area contributed by atoms with Gasteiger partial charge in [-0.25, -0.2) is 4.79 Å². The molecule has 6 nitrogen and oxygen atoms in total. The van der Waals surface area contributed by atoms with Gasteiger partial charge in [-0.05, 0) is 37.3 Å². The average Bonchev–Trinajstić information content (AvgIpc) is 2.52. The van der Waals surface area contributed by atoms with Crippen molar-refractivity contribution in [3.05, 3.63) is 59.7 Å². The largest absolute Gasteiger partial charge is 0.491 e. The predicted octanol–water partition coefficient (Wildman–Crippen LogP) is 2.48. The van der Waals surface area contributed by atoms with Crippen molar-refractivity contribution >= 4 is 16.1 Å². The van der Waals surface area contributed by atoms with E-state index in [1.165, 1.54) is 24.3 Å². The zero-order valence-corrected chi connectivity index (χ0v) is 13.2. The Balaban J connectivity index is 1.88. The Morgan fingerprint density at radius 2 is 1.78 bits per heavy atom. The Kier molecular flexibility index (Phi) is 5.36. The van der Waals surface area contributed by atoms with E-state index in [0.717, 1.165) is 5.56 Å². The molecular weight excluding hydrogens is 320 g/mol. The molecule has 0 spiro atoms. The standard InChI is InChI=1S/C16H16O6S/c1-12-5-7-15(8-6-12)23(19,20)22-10-9-21-14-4-2-3-13(11-14)16(17)18/h2-8,11H,9-10H2,1H3,(H,17,18). The minimum Gasteiger partial charge on any atom is -0.491 e. The number of benzene rings is 2. The van der Waals surface area contributed by atoms with Gasteiger partial charge in [0.05, 0.1) is 10.5 Å². The van der Waals surface area contributed by atoms with E-state index in [0.29, 0.717) is 5.75 Å². The molecule has 0 unspecified atom stereocenters. The van der Waals surface area contributed by atoms with E-state index >= 15 is 0 Å². The molecule has 0 aromatic heterocycles.